The molecule has 1 aliphatic rings. The first-order chi connectivity index (χ1) is 6.69. The third-order valence-electron chi connectivity index (χ3n) is 3.11. The molecule has 1 N–H and O–H groups in total. The first-order valence-electron chi connectivity index (χ1n) is 5.67. The van der Waals surface area contributed by atoms with Gasteiger partial charge in [-0.3, -0.25) is 4.90 Å². The third-order valence-corrected chi connectivity index (χ3v) is 3.83. The van der Waals surface area contributed by atoms with Crippen molar-refractivity contribution in [1.29, 1.82) is 0 Å². The van der Waals surface area contributed by atoms with Gasteiger partial charge in [-0.25, -0.2) is 0 Å². The maximum atomic E-state index is 3.53. The SMILES string of the molecule is CCC(CSC)N1CC(C)NCC1C. The molecule has 84 valence electrons. The number of thioether (sulfide) groups is 1. The van der Waals surface area contributed by atoms with Crippen molar-refractivity contribution >= 4 is 11.8 Å². The normalized spacial score (nSPS) is 31.7. The molecule has 0 aromatic carbocycles. The van der Waals surface area contributed by atoms with E-state index in [1.165, 1.54) is 18.7 Å². The Hall–Kier alpha value is 0.270. The molecule has 0 amide bonds. The second kappa shape index (κ2) is 5.99. The minimum Gasteiger partial charge on any atom is -0.311 e. The maximum Gasteiger partial charge on any atom is 0.0196 e. The van der Waals surface area contributed by atoms with E-state index >= 15 is 0 Å². The number of nitrogens with zero attached hydrogens (tertiary/aromatic N) is 1. The van der Waals surface area contributed by atoms with Crippen molar-refractivity contribution in [3.05, 3.63) is 0 Å². The van der Waals surface area contributed by atoms with E-state index in [0.29, 0.717) is 12.1 Å². The van der Waals surface area contributed by atoms with Crippen LogP contribution in [-0.2, 0) is 0 Å². The molecule has 0 spiro atoms. The fourth-order valence-corrected chi connectivity index (χ4v) is 3.01. The van der Waals surface area contributed by atoms with Gasteiger partial charge >= 0.3 is 0 Å². The summed E-state index contributed by atoms with van der Waals surface area (Å²) in [5.74, 6) is 1.27. The van der Waals surface area contributed by atoms with Crippen LogP contribution in [0.25, 0.3) is 0 Å². The van der Waals surface area contributed by atoms with Gasteiger partial charge < -0.3 is 5.32 Å². The molecule has 0 aromatic rings. The van der Waals surface area contributed by atoms with Gasteiger partial charge in [0.05, 0.1) is 0 Å². The quantitative estimate of drug-likeness (QED) is 0.771. The molecule has 0 saturated carbocycles. The molecule has 14 heavy (non-hydrogen) atoms. The molecule has 0 aromatic heterocycles. The predicted molar refractivity (Wildman–Crippen MR) is 66.1 cm³/mol. The fourth-order valence-electron chi connectivity index (χ4n) is 2.20. The number of piperazine rings is 1. The fraction of sp³-hybridized carbons (Fsp3) is 1.00. The van der Waals surface area contributed by atoms with Gasteiger partial charge in [-0.05, 0) is 26.5 Å². The van der Waals surface area contributed by atoms with Gasteiger partial charge in [-0.1, -0.05) is 6.92 Å². The molecule has 3 unspecified atom stereocenters. The smallest absolute Gasteiger partial charge is 0.0196 e. The second-order valence-corrected chi connectivity index (χ2v) is 5.28. The zero-order chi connectivity index (χ0) is 10.6. The Balaban J connectivity index is 2.52. The first-order valence-corrected chi connectivity index (χ1v) is 7.06. The van der Waals surface area contributed by atoms with E-state index in [4.69, 9.17) is 0 Å². The van der Waals surface area contributed by atoms with Gasteiger partial charge in [0.1, 0.15) is 0 Å². The summed E-state index contributed by atoms with van der Waals surface area (Å²) in [5, 5.41) is 3.53. The topological polar surface area (TPSA) is 15.3 Å². The van der Waals surface area contributed by atoms with E-state index in [0.717, 1.165) is 12.6 Å². The molecule has 3 heteroatoms. The summed E-state index contributed by atoms with van der Waals surface area (Å²) in [6.07, 6.45) is 3.48. The molecule has 1 saturated heterocycles. The lowest BCUT2D eigenvalue weighted by Gasteiger charge is -2.42. The van der Waals surface area contributed by atoms with E-state index in [2.05, 4.69) is 37.2 Å². The number of rotatable bonds is 4. The van der Waals surface area contributed by atoms with Crippen LogP contribution in [0.5, 0.6) is 0 Å². The highest BCUT2D eigenvalue weighted by Gasteiger charge is 2.27. The van der Waals surface area contributed by atoms with Crippen LogP contribution >= 0.6 is 11.8 Å². The van der Waals surface area contributed by atoms with Crippen LogP contribution in [0.15, 0.2) is 0 Å². The highest BCUT2D eigenvalue weighted by Crippen LogP contribution is 2.16. The van der Waals surface area contributed by atoms with Gasteiger partial charge in [0.2, 0.25) is 0 Å². The van der Waals surface area contributed by atoms with E-state index < -0.39 is 0 Å². The highest BCUT2D eigenvalue weighted by molar-refractivity contribution is 7.98. The summed E-state index contributed by atoms with van der Waals surface area (Å²) < 4.78 is 0. The zero-order valence-electron chi connectivity index (χ0n) is 9.92. The van der Waals surface area contributed by atoms with Crippen molar-refractivity contribution in [3.8, 4) is 0 Å². The summed E-state index contributed by atoms with van der Waals surface area (Å²) in [5.41, 5.74) is 0. The minimum atomic E-state index is 0.655. The summed E-state index contributed by atoms with van der Waals surface area (Å²) in [6, 6.07) is 2.12. The first kappa shape index (κ1) is 12.3. The third kappa shape index (κ3) is 3.14. The lowest BCUT2D eigenvalue weighted by Crippen LogP contribution is -2.58. The van der Waals surface area contributed by atoms with Crippen LogP contribution < -0.4 is 5.32 Å². The van der Waals surface area contributed by atoms with Crippen LogP contribution in [0, 0.1) is 0 Å². The monoisotopic (exact) mass is 216 g/mol. The van der Waals surface area contributed by atoms with Gasteiger partial charge in [0.25, 0.3) is 0 Å². The minimum absolute atomic E-state index is 0.655. The number of hydrogen-bond acceptors (Lipinski definition) is 3. The second-order valence-electron chi connectivity index (χ2n) is 4.37. The van der Waals surface area contributed by atoms with Crippen LogP contribution in [-0.4, -0.2) is 48.1 Å². The Kier molecular flexibility index (Phi) is 5.28. The molecule has 1 rings (SSSR count). The van der Waals surface area contributed by atoms with E-state index in [-0.39, 0.29) is 0 Å². The van der Waals surface area contributed by atoms with Crippen molar-refractivity contribution in [2.75, 3.05) is 25.1 Å². The largest absolute Gasteiger partial charge is 0.311 e. The average Bonchev–Trinajstić information content (AvgIpc) is 2.18. The molecular weight excluding hydrogens is 192 g/mol. The Labute approximate surface area is 92.8 Å². The van der Waals surface area contributed by atoms with Crippen LogP contribution in [0.4, 0.5) is 0 Å². The Morgan fingerprint density at radius 2 is 2.21 bits per heavy atom. The number of hydrogen-bond donors (Lipinski definition) is 1. The summed E-state index contributed by atoms with van der Waals surface area (Å²) >= 11 is 1.97. The molecule has 1 heterocycles. The molecule has 0 radical (unpaired) electrons. The van der Waals surface area contributed by atoms with Crippen LogP contribution in [0.2, 0.25) is 0 Å². The van der Waals surface area contributed by atoms with Crippen LogP contribution in [0.1, 0.15) is 27.2 Å². The molecular formula is C11H24N2S. The molecule has 1 fully saturated rings. The highest BCUT2D eigenvalue weighted by atomic mass is 32.2. The van der Waals surface area contributed by atoms with Crippen molar-refractivity contribution in [1.82, 2.24) is 10.2 Å². The molecule has 3 atom stereocenters. The van der Waals surface area contributed by atoms with Crippen molar-refractivity contribution in [3.63, 3.8) is 0 Å². The van der Waals surface area contributed by atoms with Gasteiger partial charge in [-0.15, -0.1) is 0 Å². The zero-order valence-corrected chi connectivity index (χ0v) is 10.7. The van der Waals surface area contributed by atoms with Crippen molar-refractivity contribution < 1.29 is 0 Å². The summed E-state index contributed by atoms with van der Waals surface area (Å²) in [4.78, 5) is 2.68. The molecule has 0 bridgehead atoms. The Morgan fingerprint density at radius 3 is 2.79 bits per heavy atom. The van der Waals surface area contributed by atoms with Gasteiger partial charge in [-0.2, -0.15) is 11.8 Å². The summed E-state index contributed by atoms with van der Waals surface area (Å²) in [7, 11) is 0. The molecule has 0 aliphatic carbocycles. The predicted octanol–water partition coefficient (Wildman–Crippen LogP) is 1.81. The number of nitrogens with one attached hydrogen (secondary N) is 1. The van der Waals surface area contributed by atoms with Gasteiger partial charge in [0.15, 0.2) is 0 Å². The van der Waals surface area contributed by atoms with E-state index in [9.17, 15) is 0 Å². The Bertz CT molecular complexity index is 163. The van der Waals surface area contributed by atoms with Crippen molar-refractivity contribution in [2.45, 2.75) is 45.3 Å². The van der Waals surface area contributed by atoms with E-state index in [1.54, 1.807) is 0 Å². The average molecular weight is 216 g/mol. The van der Waals surface area contributed by atoms with Crippen LogP contribution in [0.3, 0.4) is 0 Å². The lowest BCUT2D eigenvalue weighted by molar-refractivity contribution is 0.103. The lowest BCUT2D eigenvalue weighted by atomic mass is 10.1. The summed E-state index contributed by atoms with van der Waals surface area (Å²) in [6.45, 7) is 9.28. The Morgan fingerprint density at radius 1 is 1.50 bits per heavy atom. The van der Waals surface area contributed by atoms with E-state index in [1.807, 2.05) is 11.8 Å². The van der Waals surface area contributed by atoms with Gasteiger partial charge in [0, 0.05) is 37.0 Å². The standard InChI is InChI=1S/C11H24N2S/c1-5-11(8-14-4)13-7-9(2)12-6-10(13)3/h9-12H,5-8H2,1-4H3. The van der Waals surface area contributed by atoms with Crippen molar-refractivity contribution in [2.24, 2.45) is 0 Å². The maximum absolute atomic E-state index is 3.53. The molecule has 1 aliphatic heterocycles. The molecule has 2 nitrogen and oxygen atoms in total.